The Balaban J connectivity index is 2.11. The molecule has 1 aromatic heterocycles. The molecule has 0 unspecified atom stereocenters. The number of amides is 1. The number of nitrogens with one attached hydrogen (secondary N) is 1. The Morgan fingerprint density at radius 2 is 2.22 bits per heavy atom. The first-order valence-electron chi connectivity index (χ1n) is 5.12. The molecule has 1 aromatic carbocycles. The van der Waals surface area contributed by atoms with Crippen LogP contribution >= 0.6 is 27.7 Å². The molecule has 0 aliphatic heterocycles. The highest BCUT2D eigenvalue weighted by atomic mass is 79.9. The van der Waals surface area contributed by atoms with E-state index in [9.17, 15) is 4.79 Å². The highest BCUT2D eigenvalue weighted by Crippen LogP contribution is 2.28. The van der Waals surface area contributed by atoms with Crippen LogP contribution in [0, 0.1) is 0 Å². The average Bonchev–Trinajstić information content (AvgIpc) is 2.85. The molecule has 0 aliphatic rings. The summed E-state index contributed by atoms with van der Waals surface area (Å²) in [5.41, 5.74) is 0.830. The SMILES string of the molecule is CNC(=O)CSc1nnc(-c2ccccc2Br)o1. The fourth-order valence-corrected chi connectivity index (χ4v) is 2.30. The lowest BCUT2D eigenvalue weighted by molar-refractivity contribution is -0.118. The van der Waals surface area contributed by atoms with E-state index in [0.29, 0.717) is 11.1 Å². The number of benzene rings is 1. The van der Waals surface area contributed by atoms with Crippen molar-refractivity contribution in [3.8, 4) is 11.5 Å². The molecular formula is C11H10BrN3O2S. The molecule has 1 amide bonds. The highest BCUT2D eigenvalue weighted by Gasteiger charge is 2.12. The van der Waals surface area contributed by atoms with Crippen molar-refractivity contribution in [2.24, 2.45) is 0 Å². The first kappa shape index (κ1) is 13.1. The van der Waals surface area contributed by atoms with Gasteiger partial charge < -0.3 is 9.73 Å². The Morgan fingerprint density at radius 3 is 2.94 bits per heavy atom. The number of thioether (sulfide) groups is 1. The van der Waals surface area contributed by atoms with E-state index in [1.807, 2.05) is 24.3 Å². The second-order valence-corrected chi connectivity index (χ2v) is 5.10. The number of carbonyl (C=O) groups is 1. The van der Waals surface area contributed by atoms with E-state index in [1.165, 1.54) is 11.8 Å². The number of halogens is 1. The van der Waals surface area contributed by atoms with Gasteiger partial charge >= 0.3 is 0 Å². The van der Waals surface area contributed by atoms with Crippen LogP contribution in [-0.2, 0) is 4.79 Å². The molecule has 0 atom stereocenters. The van der Waals surface area contributed by atoms with Crippen LogP contribution in [0.3, 0.4) is 0 Å². The van der Waals surface area contributed by atoms with E-state index in [4.69, 9.17) is 4.42 Å². The van der Waals surface area contributed by atoms with E-state index in [2.05, 4.69) is 31.4 Å². The Morgan fingerprint density at radius 1 is 1.44 bits per heavy atom. The van der Waals surface area contributed by atoms with Crippen molar-refractivity contribution in [1.29, 1.82) is 0 Å². The summed E-state index contributed by atoms with van der Waals surface area (Å²) in [7, 11) is 1.59. The summed E-state index contributed by atoms with van der Waals surface area (Å²) in [6, 6.07) is 7.58. The summed E-state index contributed by atoms with van der Waals surface area (Å²) >= 11 is 4.62. The summed E-state index contributed by atoms with van der Waals surface area (Å²) in [4.78, 5) is 11.1. The number of aromatic nitrogens is 2. The van der Waals surface area contributed by atoms with Crippen LogP contribution in [0.4, 0.5) is 0 Å². The monoisotopic (exact) mass is 327 g/mol. The van der Waals surface area contributed by atoms with Gasteiger partial charge in [0, 0.05) is 11.5 Å². The van der Waals surface area contributed by atoms with Gasteiger partial charge in [0.2, 0.25) is 11.8 Å². The van der Waals surface area contributed by atoms with Crippen molar-refractivity contribution in [2.75, 3.05) is 12.8 Å². The zero-order chi connectivity index (χ0) is 13.0. The number of hydrogen-bond acceptors (Lipinski definition) is 5. The molecule has 0 saturated heterocycles. The summed E-state index contributed by atoms with van der Waals surface area (Å²) in [6.45, 7) is 0. The zero-order valence-corrected chi connectivity index (χ0v) is 11.9. The van der Waals surface area contributed by atoms with Crippen molar-refractivity contribution in [1.82, 2.24) is 15.5 Å². The summed E-state index contributed by atoms with van der Waals surface area (Å²) in [5, 5.41) is 10.7. The van der Waals surface area contributed by atoms with Gasteiger partial charge in [0.15, 0.2) is 0 Å². The topological polar surface area (TPSA) is 68.0 Å². The summed E-state index contributed by atoms with van der Waals surface area (Å²) in [6.07, 6.45) is 0. The van der Waals surface area contributed by atoms with Crippen LogP contribution in [0.1, 0.15) is 0 Å². The van der Waals surface area contributed by atoms with E-state index in [1.54, 1.807) is 7.05 Å². The average molecular weight is 328 g/mol. The predicted octanol–water partition coefficient (Wildman–Crippen LogP) is 2.34. The van der Waals surface area contributed by atoms with Gasteiger partial charge in [-0.1, -0.05) is 23.9 Å². The second kappa shape index (κ2) is 6.01. The fraction of sp³-hybridized carbons (Fsp3) is 0.182. The third-order valence-electron chi connectivity index (χ3n) is 2.12. The first-order chi connectivity index (χ1) is 8.70. The summed E-state index contributed by atoms with van der Waals surface area (Å²) < 4.78 is 6.36. The molecule has 1 N–H and O–H groups in total. The van der Waals surface area contributed by atoms with Crippen LogP contribution in [0.15, 0.2) is 38.4 Å². The molecule has 7 heteroatoms. The van der Waals surface area contributed by atoms with Gasteiger partial charge in [-0.25, -0.2) is 0 Å². The molecule has 0 bridgehead atoms. The van der Waals surface area contributed by atoms with Crippen LogP contribution in [0.25, 0.3) is 11.5 Å². The van der Waals surface area contributed by atoms with Gasteiger partial charge in [-0.3, -0.25) is 4.79 Å². The number of nitrogens with zero attached hydrogens (tertiary/aromatic N) is 2. The molecule has 0 aliphatic carbocycles. The number of hydrogen-bond donors (Lipinski definition) is 1. The van der Waals surface area contributed by atoms with Crippen LogP contribution in [-0.4, -0.2) is 28.9 Å². The fourth-order valence-electron chi connectivity index (χ4n) is 1.21. The lowest BCUT2D eigenvalue weighted by Gasteiger charge is -1.97. The van der Waals surface area contributed by atoms with Gasteiger partial charge in [0.1, 0.15) is 0 Å². The first-order valence-corrected chi connectivity index (χ1v) is 6.90. The van der Waals surface area contributed by atoms with Gasteiger partial charge in [0.05, 0.1) is 11.3 Å². The van der Waals surface area contributed by atoms with Crippen molar-refractivity contribution in [3.05, 3.63) is 28.7 Å². The molecule has 0 saturated carbocycles. The Bertz CT molecular complexity index is 559. The van der Waals surface area contributed by atoms with E-state index >= 15 is 0 Å². The number of carbonyl (C=O) groups excluding carboxylic acids is 1. The van der Waals surface area contributed by atoms with Crippen molar-refractivity contribution >= 4 is 33.6 Å². The van der Waals surface area contributed by atoms with Crippen LogP contribution < -0.4 is 5.32 Å². The zero-order valence-electron chi connectivity index (χ0n) is 9.51. The molecule has 5 nitrogen and oxygen atoms in total. The molecule has 2 aromatic rings. The van der Waals surface area contributed by atoms with Crippen LogP contribution in [0.2, 0.25) is 0 Å². The quantitative estimate of drug-likeness (QED) is 0.873. The van der Waals surface area contributed by atoms with Gasteiger partial charge in [0.25, 0.3) is 5.22 Å². The third kappa shape index (κ3) is 3.11. The lowest BCUT2D eigenvalue weighted by atomic mass is 10.2. The molecular weight excluding hydrogens is 318 g/mol. The molecule has 0 spiro atoms. The molecule has 18 heavy (non-hydrogen) atoms. The minimum absolute atomic E-state index is 0.0827. The Kier molecular flexibility index (Phi) is 4.38. The van der Waals surface area contributed by atoms with Crippen molar-refractivity contribution in [3.63, 3.8) is 0 Å². The lowest BCUT2D eigenvalue weighted by Crippen LogP contribution is -2.19. The smallest absolute Gasteiger partial charge is 0.277 e. The molecule has 0 radical (unpaired) electrons. The maximum Gasteiger partial charge on any atom is 0.277 e. The minimum Gasteiger partial charge on any atom is -0.411 e. The van der Waals surface area contributed by atoms with Crippen LogP contribution in [0.5, 0.6) is 0 Å². The highest BCUT2D eigenvalue weighted by molar-refractivity contribution is 9.10. The molecule has 1 heterocycles. The molecule has 2 rings (SSSR count). The molecule has 0 fully saturated rings. The van der Waals surface area contributed by atoms with Crippen molar-refractivity contribution < 1.29 is 9.21 Å². The van der Waals surface area contributed by atoms with Gasteiger partial charge in [-0.05, 0) is 28.1 Å². The maximum atomic E-state index is 11.1. The van der Waals surface area contributed by atoms with Crippen molar-refractivity contribution in [2.45, 2.75) is 5.22 Å². The second-order valence-electron chi connectivity index (χ2n) is 3.31. The van der Waals surface area contributed by atoms with E-state index < -0.39 is 0 Å². The normalized spacial score (nSPS) is 10.3. The largest absolute Gasteiger partial charge is 0.411 e. The van der Waals surface area contributed by atoms with Gasteiger partial charge in [-0.2, -0.15) is 0 Å². The maximum absolute atomic E-state index is 11.1. The minimum atomic E-state index is -0.0827. The standard InChI is InChI=1S/C11H10BrN3O2S/c1-13-9(16)6-18-11-15-14-10(17-11)7-4-2-3-5-8(7)12/h2-5H,6H2,1H3,(H,13,16). The predicted molar refractivity (Wildman–Crippen MR) is 72.2 cm³/mol. The van der Waals surface area contributed by atoms with E-state index in [0.717, 1.165) is 10.0 Å². The van der Waals surface area contributed by atoms with Gasteiger partial charge in [-0.15, -0.1) is 10.2 Å². The Hall–Kier alpha value is -1.34. The third-order valence-corrected chi connectivity index (χ3v) is 3.63. The molecule has 94 valence electrons. The summed E-state index contributed by atoms with van der Waals surface area (Å²) in [5.74, 6) is 0.608. The van der Waals surface area contributed by atoms with E-state index in [-0.39, 0.29) is 11.7 Å². The Labute approximate surface area is 116 Å². The number of rotatable bonds is 4.